The van der Waals surface area contributed by atoms with E-state index in [1.165, 1.54) is 0 Å². The summed E-state index contributed by atoms with van der Waals surface area (Å²) in [6.07, 6.45) is 0. The zero-order valence-electron chi connectivity index (χ0n) is 9.07. The van der Waals surface area contributed by atoms with Gasteiger partial charge in [-0.3, -0.25) is 4.98 Å². The summed E-state index contributed by atoms with van der Waals surface area (Å²) in [5.74, 6) is 0. The smallest absolute Gasteiger partial charge is 0.0726 e. The Labute approximate surface area is 89.5 Å². The number of hydrogen-bond acceptors (Lipinski definition) is 3. The van der Waals surface area contributed by atoms with Crippen molar-refractivity contribution < 1.29 is 0 Å². The predicted molar refractivity (Wildman–Crippen MR) is 63.5 cm³/mol. The number of nitrogens with two attached hydrogens (primary N) is 1. The molecule has 0 saturated heterocycles. The summed E-state index contributed by atoms with van der Waals surface area (Å²) in [6.45, 7) is 0.815. The highest BCUT2D eigenvalue weighted by Crippen LogP contribution is 2.20. The summed E-state index contributed by atoms with van der Waals surface area (Å²) in [6, 6.07) is 9.89. The highest BCUT2D eigenvalue weighted by Gasteiger charge is 2.03. The molecule has 0 fully saturated rings. The number of anilines is 1. The van der Waals surface area contributed by atoms with Crippen LogP contribution < -0.4 is 5.73 Å². The van der Waals surface area contributed by atoms with Crippen LogP contribution in [0.15, 0.2) is 30.3 Å². The molecule has 0 saturated carbocycles. The number of benzene rings is 1. The van der Waals surface area contributed by atoms with Crippen LogP contribution in [-0.4, -0.2) is 24.0 Å². The first kappa shape index (κ1) is 9.93. The van der Waals surface area contributed by atoms with E-state index in [9.17, 15) is 0 Å². The van der Waals surface area contributed by atoms with Crippen molar-refractivity contribution in [3.05, 3.63) is 36.0 Å². The van der Waals surface area contributed by atoms with Crippen LogP contribution in [0.3, 0.4) is 0 Å². The maximum Gasteiger partial charge on any atom is 0.0726 e. The number of nitrogen functional groups attached to an aromatic ring is 1. The normalized spacial score (nSPS) is 11.1. The van der Waals surface area contributed by atoms with Crippen LogP contribution in [0.25, 0.3) is 10.9 Å². The van der Waals surface area contributed by atoms with Crippen molar-refractivity contribution in [2.45, 2.75) is 6.54 Å². The van der Waals surface area contributed by atoms with Gasteiger partial charge < -0.3 is 10.6 Å². The van der Waals surface area contributed by atoms with Gasteiger partial charge in [0.05, 0.1) is 11.2 Å². The Morgan fingerprint density at radius 2 is 2.00 bits per heavy atom. The number of pyridine rings is 1. The molecule has 78 valence electrons. The lowest BCUT2D eigenvalue weighted by Gasteiger charge is -2.10. The molecule has 1 aromatic heterocycles. The zero-order chi connectivity index (χ0) is 10.8. The molecule has 0 atom stereocenters. The molecule has 2 N–H and O–H groups in total. The lowest BCUT2D eigenvalue weighted by Crippen LogP contribution is -2.12. The molecule has 0 spiro atoms. The first-order chi connectivity index (χ1) is 7.16. The number of fused-ring (bicyclic) bond motifs is 1. The second-order valence-electron chi connectivity index (χ2n) is 3.96. The van der Waals surface area contributed by atoms with Crippen molar-refractivity contribution in [3.63, 3.8) is 0 Å². The van der Waals surface area contributed by atoms with Gasteiger partial charge in [0.2, 0.25) is 0 Å². The molecule has 0 aliphatic carbocycles. The van der Waals surface area contributed by atoms with Gasteiger partial charge in [-0.25, -0.2) is 0 Å². The number of aromatic nitrogens is 1. The highest BCUT2D eigenvalue weighted by atomic mass is 15.1. The predicted octanol–water partition coefficient (Wildman–Crippen LogP) is 1.88. The number of para-hydroxylation sites is 1. The van der Waals surface area contributed by atoms with Crippen LogP contribution in [0.2, 0.25) is 0 Å². The van der Waals surface area contributed by atoms with Gasteiger partial charge in [0.15, 0.2) is 0 Å². The average Bonchev–Trinajstić information content (AvgIpc) is 2.16. The third-order valence-electron chi connectivity index (χ3n) is 2.28. The maximum absolute atomic E-state index is 5.97. The minimum atomic E-state index is 0.803. The molecule has 0 unspecified atom stereocenters. The van der Waals surface area contributed by atoms with E-state index < -0.39 is 0 Å². The second kappa shape index (κ2) is 3.87. The Morgan fingerprint density at radius 1 is 1.27 bits per heavy atom. The molecule has 1 aromatic carbocycles. The largest absolute Gasteiger partial charge is 0.398 e. The van der Waals surface area contributed by atoms with Crippen LogP contribution in [0.5, 0.6) is 0 Å². The highest BCUT2D eigenvalue weighted by molar-refractivity contribution is 5.90. The fraction of sp³-hybridized carbons (Fsp3) is 0.250. The molecule has 0 radical (unpaired) electrons. The van der Waals surface area contributed by atoms with E-state index in [0.717, 1.165) is 28.8 Å². The van der Waals surface area contributed by atoms with Crippen LogP contribution in [0.4, 0.5) is 5.69 Å². The van der Waals surface area contributed by atoms with Crippen molar-refractivity contribution in [3.8, 4) is 0 Å². The molecule has 2 aromatic rings. The fourth-order valence-corrected chi connectivity index (χ4v) is 1.66. The van der Waals surface area contributed by atoms with Crippen molar-refractivity contribution >= 4 is 16.6 Å². The van der Waals surface area contributed by atoms with E-state index in [0.29, 0.717) is 0 Å². The minimum Gasteiger partial charge on any atom is -0.398 e. The first-order valence-corrected chi connectivity index (χ1v) is 4.95. The molecular formula is C12H15N3. The Hall–Kier alpha value is -1.61. The van der Waals surface area contributed by atoms with Gasteiger partial charge in [-0.05, 0) is 26.2 Å². The van der Waals surface area contributed by atoms with Crippen molar-refractivity contribution in [1.82, 2.24) is 9.88 Å². The lowest BCUT2D eigenvalue weighted by atomic mass is 10.1. The Bertz CT molecular complexity index is 477. The fourth-order valence-electron chi connectivity index (χ4n) is 1.66. The van der Waals surface area contributed by atoms with Crippen LogP contribution >= 0.6 is 0 Å². The topological polar surface area (TPSA) is 42.1 Å². The van der Waals surface area contributed by atoms with Gasteiger partial charge in [0.25, 0.3) is 0 Å². The number of nitrogens with zero attached hydrogens (tertiary/aromatic N) is 2. The summed E-state index contributed by atoms with van der Waals surface area (Å²) in [7, 11) is 4.04. The second-order valence-corrected chi connectivity index (χ2v) is 3.96. The van der Waals surface area contributed by atoms with Crippen molar-refractivity contribution in [2.75, 3.05) is 19.8 Å². The maximum atomic E-state index is 5.97. The molecule has 0 aliphatic heterocycles. The summed E-state index contributed by atoms with van der Waals surface area (Å²) < 4.78 is 0. The number of rotatable bonds is 2. The van der Waals surface area contributed by atoms with E-state index >= 15 is 0 Å². The van der Waals surface area contributed by atoms with E-state index in [1.807, 2.05) is 44.4 Å². The van der Waals surface area contributed by atoms with Gasteiger partial charge in [-0.2, -0.15) is 0 Å². The molecule has 15 heavy (non-hydrogen) atoms. The van der Waals surface area contributed by atoms with Crippen LogP contribution in [0.1, 0.15) is 5.69 Å². The monoisotopic (exact) mass is 201 g/mol. The Balaban J connectivity index is 2.52. The van der Waals surface area contributed by atoms with Crippen molar-refractivity contribution in [1.29, 1.82) is 0 Å². The third kappa shape index (κ3) is 2.07. The SMILES string of the molecule is CN(C)Cc1cc(N)c2ccccc2n1. The summed E-state index contributed by atoms with van der Waals surface area (Å²) in [4.78, 5) is 6.63. The summed E-state index contributed by atoms with van der Waals surface area (Å²) in [5.41, 5.74) is 8.75. The van der Waals surface area contributed by atoms with Gasteiger partial charge >= 0.3 is 0 Å². The number of hydrogen-bond donors (Lipinski definition) is 1. The van der Waals surface area contributed by atoms with E-state index in [2.05, 4.69) is 9.88 Å². The molecule has 0 bridgehead atoms. The van der Waals surface area contributed by atoms with E-state index in [-0.39, 0.29) is 0 Å². The summed E-state index contributed by atoms with van der Waals surface area (Å²) in [5, 5.41) is 1.03. The van der Waals surface area contributed by atoms with Gasteiger partial charge in [-0.15, -0.1) is 0 Å². The zero-order valence-corrected chi connectivity index (χ0v) is 9.07. The van der Waals surface area contributed by atoms with Gasteiger partial charge in [-0.1, -0.05) is 18.2 Å². The molecule has 0 aliphatic rings. The quantitative estimate of drug-likeness (QED) is 0.806. The lowest BCUT2D eigenvalue weighted by molar-refractivity contribution is 0.397. The van der Waals surface area contributed by atoms with Crippen LogP contribution in [-0.2, 0) is 6.54 Å². The van der Waals surface area contributed by atoms with Crippen molar-refractivity contribution in [2.24, 2.45) is 0 Å². The van der Waals surface area contributed by atoms with E-state index in [4.69, 9.17) is 5.73 Å². The molecule has 3 heteroatoms. The van der Waals surface area contributed by atoms with Crippen LogP contribution in [0, 0.1) is 0 Å². The summed E-state index contributed by atoms with van der Waals surface area (Å²) >= 11 is 0. The van der Waals surface area contributed by atoms with Gasteiger partial charge in [0.1, 0.15) is 0 Å². The molecular weight excluding hydrogens is 186 g/mol. The first-order valence-electron chi connectivity index (χ1n) is 4.95. The van der Waals surface area contributed by atoms with Gasteiger partial charge in [0, 0.05) is 17.6 Å². The molecule has 2 rings (SSSR count). The minimum absolute atomic E-state index is 0.803. The Kier molecular flexibility index (Phi) is 2.56. The standard InChI is InChI=1S/C12H15N3/c1-15(2)8-9-7-11(13)10-5-3-4-6-12(10)14-9/h3-7H,8H2,1-2H3,(H2,13,14). The van der Waals surface area contributed by atoms with E-state index in [1.54, 1.807) is 0 Å². The molecule has 1 heterocycles. The average molecular weight is 201 g/mol. The molecule has 3 nitrogen and oxygen atoms in total. The third-order valence-corrected chi connectivity index (χ3v) is 2.28. The Morgan fingerprint density at radius 3 is 2.73 bits per heavy atom. The molecule has 0 amide bonds.